The molecule has 20 heavy (non-hydrogen) atoms. The standard InChI is InChI=1S/C13H22N2O4S/c1-14(2)7-8-15(3)20(17,18)13-6-5-11(10-16)9-12(13)19-4/h5-6,9,16H,7-8,10H2,1-4H3. The first kappa shape index (κ1) is 16.9. The lowest BCUT2D eigenvalue weighted by molar-refractivity contribution is 0.280. The van der Waals surface area contributed by atoms with E-state index in [1.807, 2.05) is 19.0 Å². The van der Waals surface area contributed by atoms with Gasteiger partial charge in [0.2, 0.25) is 10.0 Å². The molecule has 1 rings (SSSR count). The summed E-state index contributed by atoms with van der Waals surface area (Å²) in [6, 6.07) is 4.58. The molecule has 0 fully saturated rings. The Morgan fingerprint density at radius 1 is 1.20 bits per heavy atom. The second-order valence-corrected chi connectivity index (χ2v) is 6.79. The lowest BCUT2D eigenvalue weighted by atomic mass is 10.2. The van der Waals surface area contributed by atoms with Crippen LogP contribution in [0.3, 0.4) is 0 Å². The van der Waals surface area contributed by atoms with Gasteiger partial charge in [0.25, 0.3) is 0 Å². The van der Waals surface area contributed by atoms with E-state index in [2.05, 4.69) is 0 Å². The highest BCUT2D eigenvalue weighted by atomic mass is 32.2. The quantitative estimate of drug-likeness (QED) is 0.788. The predicted octanol–water partition coefficient (Wildman–Crippen LogP) is 0.370. The highest BCUT2D eigenvalue weighted by Gasteiger charge is 2.24. The molecule has 1 aromatic carbocycles. The van der Waals surface area contributed by atoms with Crippen LogP contribution in [0, 0.1) is 0 Å². The van der Waals surface area contributed by atoms with E-state index in [4.69, 9.17) is 9.84 Å². The number of aliphatic hydroxyl groups excluding tert-OH is 1. The van der Waals surface area contributed by atoms with E-state index in [0.717, 1.165) is 0 Å². The summed E-state index contributed by atoms with van der Waals surface area (Å²) in [5.74, 6) is 0.244. The van der Waals surface area contributed by atoms with E-state index < -0.39 is 10.0 Å². The van der Waals surface area contributed by atoms with Crippen molar-refractivity contribution in [3.8, 4) is 5.75 Å². The van der Waals surface area contributed by atoms with E-state index in [1.54, 1.807) is 6.07 Å². The fraction of sp³-hybridized carbons (Fsp3) is 0.538. The molecule has 0 aliphatic carbocycles. The summed E-state index contributed by atoms with van der Waals surface area (Å²) in [6.45, 7) is 0.861. The van der Waals surface area contributed by atoms with Gasteiger partial charge in [-0.05, 0) is 31.8 Å². The maximum Gasteiger partial charge on any atom is 0.246 e. The smallest absolute Gasteiger partial charge is 0.246 e. The average Bonchev–Trinajstić information content (AvgIpc) is 2.43. The van der Waals surface area contributed by atoms with Crippen LogP contribution >= 0.6 is 0 Å². The van der Waals surface area contributed by atoms with Crippen LogP contribution in [-0.2, 0) is 16.6 Å². The molecule has 0 saturated heterocycles. The predicted molar refractivity (Wildman–Crippen MR) is 77.3 cm³/mol. The van der Waals surface area contributed by atoms with Crippen molar-refractivity contribution in [2.45, 2.75) is 11.5 Å². The molecule has 1 N–H and O–H groups in total. The number of rotatable bonds is 7. The number of likely N-dealkylation sites (N-methyl/N-ethyl adjacent to an activating group) is 2. The van der Waals surface area contributed by atoms with Gasteiger partial charge in [0.15, 0.2) is 0 Å². The number of methoxy groups -OCH3 is 1. The molecule has 0 aliphatic heterocycles. The van der Waals surface area contributed by atoms with Crippen LogP contribution in [0.25, 0.3) is 0 Å². The van der Waals surface area contributed by atoms with Crippen molar-refractivity contribution in [3.63, 3.8) is 0 Å². The summed E-state index contributed by atoms with van der Waals surface area (Å²) in [5.41, 5.74) is 0.608. The molecule has 0 spiro atoms. The molecular weight excluding hydrogens is 280 g/mol. The minimum Gasteiger partial charge on any atom is -0.495 e. The van der Waals surface area contributed by atoms with Gasteiger partial charge < -0.3 is 14.7 Å². The fourth-order valence-corrected chi connectivity index (χ4v) is 2.95. The third kappa shape index (κ3) is 3.92. The molecule has 0 aliphatic rings. The molecule has 0 atom stereocenters. The normalized spacial score (nSPS) is 12.2. The molecule has 0 unspecified atom stereocenters. The minimum atomic E-state index is -3.60. The van der Waals surface area contributed by atoms with Crippen LogP contribution < -0.4 is 4.74 Å². The fourth-order valence-electron chi connectivity index (χ4n) is 1.65. The van der Waals surface area contributed by atoms with Crippen molar-refractivity contribution >= 4 is 10.0 Å². The Morgan fingerprint density at radius 3 is 2.35 bits per heavy atom. The second kappa shape index (κ2) is 7.03. The molecule has 114 valence electrons. The Morgan fingerprint density at radius 2 is 1.85 bits per heavy atom. The van der Waals surface area contributed by atoms with E-state index in [1.165, 1.54) is 30.6 Å². The Labute approximate surface area is 120 Å². The number of ether oxygens (including phenoxy) is 1. The third-order valence-electron chi connectivity index (χ3n) is 2.96. The highest BCUT2D eigenvalue weighted by molar-refractivity contribution is 7.89. The van der Waals surface area contributed by atoms with Gasteiger partial charge in [0, 0.05) is 20.1 Å². The van der Waals surface area contributed by atoms with Crippen LogP contribution in [0.1, 0.15) is 5.56 Å². The Kier molecular flexibility index (Phi) is 5.94. The van der Waals surface area contributed by atoms with Crippen LogP contribution in [0.5, 0.6) is 5.75 Å². The zero-order valence-electron chi connectivity index (χ0n) is 12.3. The van der Waals surface area contributed by atoms with Gasteiger partial charge in [-0.2, -0.15) is 4.31 Å². The highest BCUT2D eigenvalue weighted by Crippen LogP contribution is 2.27. The third-order valence-corrected chi connectivity index (χ3v) is 4.86. The summed E-state index contributed by atoms with van der Waals surface area (Å²) < 4.78 is 31.4. The first-order valence-corrected chi connectivity index (χ1v) is 7.65. The monoisotopic (exact) mass is 302 g/mol. The van der Waals surface area contributed by atoms with Crippen molar-refractivity contribution in [1.29, 1.82) is 0 Å². The lowest BCUT2D eigenvalue weighted by Crippen LogP contribution is -2.33. The van der Waals surface area contributed by atoms with Crippen molar-refractivity contribution in [3.05, 3.63) is 23.8 Å². The number of aliphatic hydroxyl groups is 1. The maximum atomic E-state index is 12.5. The maximum absolute atomic E-state index is 12.5. The molecule has 0 heterocycles. The molecule has 0 aromatic heterocycles. The van der Waals surface area contributed by atoms with Crippen LogP contribution in [0.4, 0.5) is 0 Å². The Balaban J connectivity index is 3.08. The van der Waals surface area contributed by atoms with Crippen LogP contribution in [0.15, 0.2) is 23.1 Å². The van der Waals surface area contributed by atoms with Crippen molar-refractivity contribution in [2.75, 3.05) is 41.3 Å². The summed E-state index contributed by atoms with van der Waals surface area (Å²) >= 11 is 0. The van der Waals surface area contributed by atoms with Crippen molar-refractivity contribution in [2.24, 2.45) is 0 Å². The first-order valence-electron chi connectivity index (χ1n) is 6.21. The van der Waals surface area contributed by atoms with Crippen LogP contribution in [0.2, 0.25) is 0 Å². The second-order valence-electron chi connectivity index (χ2n) is 4.77. The zero-order chi connectivity index (χ0) is 15.3. The van der Waals surface area contributed by atoms with E-state index in [9.17, 15) is 8.42 Å². The first-order chi connectivity index (χ1) is 9.32. The molecule has 0 bridgehead atoms. The Hall–Kier alpha value is -1.15. The van der Waals surface area contributed by atoms with Gasteiger partial charge in [0.05, 0.1) is 13.7 Å². The van der Waals surface area contributed by atoms with Gasteiger partial charge in [-0.3, -0.25) is 0 Å². The van der Waals surface area contributed by atoms with E-state index >= 15 is 0 Å². The number of sulfonamides is 1. The molecule has 0 saturated carbocycles. The van der Waals surface area contributed by atoms with Gasteiger partial charge in [-0.25, -0.2) is 8.42 Å². The molecule has 7 heteroatoms. The minimum absolute atomic E-state index is 0.110. The number of hydrogen-bond acceptors (Lipinski definition) is 5. The average molecular weight is 302 g/mol. The molecule has 6 nitrogen and oxygen atoms in total. The number of benzene rings is 1. The summed E-state index contributed by atoms with van der Waals surface area (Å²) in [7, 11) is 3.12. The Bertz CT molecular complexity index is 543. The summed E-state index contributed by atoms with van der Waals surface area (Å²) in [6.07, 6.45) is 0. The van der Waals surface area contributed by atoms with Crippen LogP contribution in [-0.4, -0.2) is 64.1 Å². The van der Waals surface area contributed by atoms with Crippen molar-refractivity contribution in [1.82, 2.24) is 9.21 Å². The SMILES string of the molecule is COc1cc(CO)ccc1S(=O)(=O)N(C)CCN(C)C. The lowest BCUT2D eigenvalue weighted by Gasteiger charge is -2.20. The largest absolute Gasteiger partial charge is 0.495 e. The molecule has 0 amide bonds. The van der Waals surface area contributed by atoms with Gasteiger partial charge in [-0.15, -0.1) is 0 Å². The number of nitrogens with zero attached hydrogens (tertiary/aromatic N) is 2. The van der Waals surface area contributed by atoms with Gasteiger partial charge >= 0.3 is 0 Å². The summed E-state index contributed by atoms with van der Waals surface area (Å²) in [5, 5.41) is 9.08. The van der Waals surface area contributed by atoms with E-state index in [0.29, 0.717) is 18.7 Å². The van der Waals surface area contributed by atoms with Crippen molar-refractivity contribution < 1.29 is 18.3 Å². The molecular formula is C13H22N2O4S. The van der Waals surface area contributed by atoms with Gasteiger partial charge in [-0.1, -0.05) is 6.07 Å². The summed E-state index contributed by atoms with van der Waals surface area (Å²) in [4.78, 5) is 2.02. The molecule has 0 radical (unpaired) electrons. The van der Waals surface area contributed by atoms with E-state index in [-0.39, 0.29) is 17.3 Å². The van der Waals surface area contributed by atoms with Gasteiger partial charge in [0.1, 0.15) is 10.6 Å². The number of hydrogen-bond donors (Lipinski definition) is 1. The molecule has 1 aromatic rings. The topological polar surface area (TPSA) is 70.1 Å². The zero-order valence-corrected chi connectivity index (χ0v) is 13.1.